The van der Waals surface area contributed by atoms with E-state index in [0.717, 1.165) is 55.8 Å². The highest BCUT2D eigenvalue weighted by atomic mass is 127. The first-order chi connectivity index (χ1) is 28.9. The summed E-state index contributed by atoms with van der Waals surface area (Å²) in [5.74, 6) is -4.54. The van der Waals surface area contributed by atoms with Gasteiger partial charge in [-0.1, -0.05) is 116 Å². The molecule has 0 aliphatic heterocycles. The second kappa shape index (κ2) is 28.0. The Hall–Kier alpha value is -2.36. The van der Waals surface area contributed by atoms with Crippen molar-refractivity contribution in [3.05, 3.63) is 135 Å². The summed E-state index contributed by atoms with van der Waals surface area (Å²) < 4.78 is 44.1. The van der Waals surface area contributed by atoms with E-state index in [4.69, 9.17) is 28.7 Å². The molecule has 0 spiro atoms. The summed E-state index contributed by atoms with van der Waals surface area (Å²) in [7, 11) is 4.22. The molecule has 4 aromatic carbocycles. The Morgan fingerprint density at radius 1 is 0.476 bits per heavy atom. The minimum Gasteiger partial charge on any atom is -1.00 e. The SMILES string of the molecule is C[N+](CCN)(CCN)CCN.C[N+](CCN)(CCN)CCNc1ccc(F)c2c1C(=O)c1ccccc1C2=O.IC(I)I.O=C1c2ccccc2C(=O)c2c(F)ccc(F)c21.[Cl-].[Cl-]. The standard InChI is InChI=1S/C21H25FN4O2.C14H6F2O2.C7H21N4.CHI3.2ClH/c1-26(11-8-23,12-9-24)13-10-25-17-7-6-16(22)18-19(17)21(28)15-5-3-2-4-14(15)20(18)27;15-9-5-6-10(16)12-11(9)13(17)7-3-1-2-4-8(7)14(12)18;1-11(5-2-8,6-3-9)7-4-10;2-1(3)4;;/h2-7H,8-13,23-24H2,1H3;1-6H;2-10H2,1H3;1H;2*1H/q;;+1;;;/p-1. The lowest BCUT2D eigenvalue weighted by atomic mass is 9.83. The van der Waals surface area contributed by atoms with Crippen LogP contribution >= 0.6 is 67.8 Å². The van der Waals surface area contributed by atoms with Crippen LogP contribution in [0.2, 0.25) is 0 Å². The van der Waals surface area contributed by atoms with Gasteiger partial charge in [0.15, 0.2) is 23.1 Å². The molecule has 11 N–H and O–H groups in total. The van der Waals surface area contributed by atoms with E-state index in [2.05, 4.69) is 87.2 Å². The third-order valence-electron chi connectivity index (χ3n) is 10.3. The van der Waals surface area contributed by atoms with E-state index in [1.165, 1.54) is 24.3 Å². The number of benzene rings is 4. The number of nitrogens with two attached hydrogens (primary N) is 5. The molecule has 2 aliphatic carbocycles. The number of nitrogens with zero attached hydrogens (tertiary/aromatic N) is 2. The Morgan fingerprint density at radius 3 is 1.03 bits per heavy atom. The molecule has 0 heterocycles. The van der Waals surface area contributed by atoms with Crippen molar-refractivity contribution in [3.8, 4) is 0 Å². The molecule has 0 atom stereocenters. The van der Waals surface area contributed by atoms with Crippen molar-refractivity contribution < 1.29 is 66.1 Å². The van der Waals surface area contributed by atoms with Crippen LogP contribution in [0.25, 0.3) is 0 Å². The van der Waals surface area contributed by atoms with Crippen molar-refractivity contribution in [3.63, 3.8) is 0 Å². The highest BCUT2D eigenvalue weighted by Gasteiger charge is 2.35. The van der Waals surface area contributed by atoms with Gasteiger partial charge >= 0.3 is 0 Å². The van der Waals surface area contributed by atoms with Gasteiger partial charge in [-0.3, -0.25) is 19.2 Å². The largest absolute Gasteiger partial charge is 1.00 e. The summed E-state index contributed by atoms with van der Waals surface area (Å²) in [5, 5.41) is 3.22. The first-order valence-electron chi connectivity index (χ1n) is 19.5. The van der Waals surface area contributed by atoms with Crippen LogP contribution in [0.5, 0.6) is 0 Å². The predicted molar refractivity (Wildman–Crippen MR) is 261 cm³/mol. The maximum atomic E-state index is 14.4. The number of fused-ring (bicyclic) bond motifs is 4. The third kappa shape index (κ3) is 15.6. The topological polar surface area (TPSA) is 210 Å². The fourth-order valence-electron chi connectivity index (χ4n) is 7.16. The number of nitrogens with one attached hydrogen (secondary N) is 1. The molecule has 63 heavy (non-hydrogen) atoms. The van der Waals surface area contributed by atoms with E-state index in [1.54, 1.807) is 36.4 Å². The highest BCUT2D eigenvalue weighted by Crippen LogP contribution is 2.34. The second-order valence-electron chi connectivity index (χ2n) is 14.7. The molecule has 0 bridgehead atoms. The molecule has 4 aromatic rings. The molecule has 346 valence electrons. The number of anilines is 1. The van der Waals surface area contributed by atoms with Crippen LogP contribution < -0.4 is 58.8 Å². The Labute approximate surface area is 420 Å². The highest BCUT2D eigenvalue weighted by molar-refractivity contribution is 14.3. The molecule has 0 aromatic heterocycles. The number of quaternary nitrogens is 2. The summed E-state index contributed by atoms with van der Waals surface area (Å²) >= 11 is 6.95. The van der Waals surface area contributed by atoms with Crippen molar-refractivity contribution >= 4 is 96.6 Å². The molecular formula is C43H54Cl2F3I3N8O4. The Bertz CT molecular complexity index is 2110. The third-order valence-corrected chi connectivity index (χ3v) is 10.3. The number of halogens is 8. The van der Waals surface area contributed by atoms with E-state index in [9.17, 15) is 32.3 Å². The first kappa shape index (κ1) is 58.7. The number of rotatable bonds is 14. The normalized spacial score (nSPS) is 12.3. The van der Waals surface area contributed by atoms with Crippen LogP contribution in [0.15, 0.2) is 72.8 Å². The van der Waals surface area contributed by atoms with Gasteiger partial charge in [-0.15, -0.1) is 0 Å². The smallest absolute Gasteiger partial charge is 0.197 e. The molecule has 0 saturated carbocycles. The van der Waals surface area contributed by atoms with Gasteiger partial charge < -0.3 is 67.8 Å². The fourth-order valence-corrected chi connectivity index (χ4v) is 7.16. The van der Waals surface area contributed by atoms with E-state index in [-0.39, 0.29) is 58.4 Å². The molecule has 0 unspecified atom stereocenters. The van der Waals surface area contributed by atoms with E-state index >= 15 is 0 Å². The number of alkyl halides is 3. The van der Waals surface area contributed by atoms with E-state index < -0.39 is 45.9 Å². The van der Waals surface area contributed by atoms with Gasteiger partial charge in [-0.2, -0.15) is 0 Å². The lowest BCUT2D eigenvalue weighted by Gasteiger charge is -2.34. The van der Waals surface area contributed by atoms with E-state index in [0.29, 0.717) is 55.0 Å². The van der Waals surface area contributed by atoms with Crippen LogP contribution in [-0.4, -0.2) is 125 Å². The van der Waals surface area contributed by atoms with Gasteiger partial charge in [0, 0.05) is 60.7 Å². The minimum atomic E-state index is -0.876. The molecule has 12 nitrogen and oxygen atoms in total. The Kier molecular flexibility index (Phi) is 26.0. The van der Waals surface area contributed by atoms with Crippen LogP contribution in [-0.2, 0) is 0 Å². The van der Waals surface area contributed by atoms with Gasteiger partial charge in [0.1, 0.15) is 17.4 Å². The average molecular weight is 1260 g/mol. The van der Waals surface area contributed by atoms with E-state index in [1.807, 2.05) is 0 Å². The van der Waals surface area contributed by atoms with Crippen LogP contribution in [0.1, 0.15) is 63.7 Å². The molecule has 0 fully saturated rings. The van der Waals surface area contributed by atoms with Crippen molar-refractivity contribution in [2.45, 2.75) is -0.0619 Å². The number of hydrogen-bond donors (Lipinski definition) is 6. The minimum absolute atomic E-state index is 0. The molecule has 0 saturated heterocycles. The number of carbonyl (C=O) groups is 4. The van der Waals surface area contributed by atoms with Gasteiger partial charge in [0.2, 0.25) is 0 Å². The van der Waals surface area contributed by atoms with Crippen molar-refractivity contribution in [1.82, 2.24) is 0 Å². The zero-order valence-electron chi connectivity index (χ0n) is 34.9. The molecule has 2 aliphatic rings. The summed E-state index contributed by atoms with van der Waals surface area (Å²) in [4.78, 5) is 49.9. The van der Waals surface area contributed by atoms with Crippen LogP contribution in [0, 0.1) is 17.5 Å². The predicted octanol–water partition coefficient (Wildman–Crippen LogP) is -0.991. The number of ketones is 4. The molecule has 6 rings (SSSR count). The van der Waals surface area contributed by atoms with Crippen LogP contribution in [0.4, 0.5) is 18.9 Å². The zero-order valence-corrected chi connectivity index (χ0v) is 42.9. The molecular weight excluding hydrogens is 1200 g/mol. The van der Waals surface area contributed by atoms with Crippen LogP contribution in [0.3, 0.4) is 0 Å². The lowest BCUT2D eigenvalue weighted by Crippen LogP contribution is -3.00. The summed E-state index contributed by atoms with van der Waals surface area (Å²) in [6.45, 7) is 8.95. The van der Waals surface area contributed by atoms with Gasteiger partial charge in [0.25, 0.3) is 0 Å². The number of likely N-dealkylation sites (N-methyl/N-ethyl adjacent to an activating group) is 2. The summed E-state index contributed by atoms with van der Waals surface area (Å²) in [5.41, 5.74) is 28.1. The van der Waals surface area contributed by atoms with Gasteiger partial charge in [-0.25, -0.2) is 13.2 Å². The monoisotopic (exact) mass is 1250 g/mol. The lowest BCUT2D eigenvalue weighted by molar-refractivity contribution is -0.905. The zero-order chi connectivity index (χ0) is 45.5. The summed E-state index contributed by atoms with van der Waals surface area (Å²) in [6, 6.07) is 17.0. The fraction of sp³-hybridized carbons (Fsp3) is 0.349. The molecule has 0 radical (unpaired) electrons. The van der Waals surface area contributed by atoms with Crippen molar-refractivity contribution in [2.75, 3.05) is 97.9 Å². The quantitative estimate of drug-likeness (QED) is 0.0446. The maximum absolute atomic E-state index is 14.4. The molecule has 0 amide bonds. The van der Waals surface area contributed by atoms with Crippen molar-refractivity contribution in [1.29, 1.82) is 0 Å². The van der Waals surface area contributed by atoms with Crippen molar-refractivity contribution in [2.24, 2.45) is 28.7 Å². The molecule has 20 heteroatoms. The maximum Gasteiger partial charge on any atom is 0.197 e. The first-order valence-corrected chi connectivity index (χ1v) is 23.2. The Morgan fingerprint density at radius 2 is 0.730 bits per heavy atom. The number of carbonyl (C=O) groups excluding carboxylic acids is 4. The van der Waals surface area contributed by atoms with Gasteiger partial charge in [-0.05, 0) is 24.3 Å². The summed E-state index contributed by atoms with van der Waals surface area (Å²) in [6.07, 6.45) is 0. The van der Waals surface area contributed by atoms with Gasteiger partial charge in [0.05, 0.1) is 82.2 Å². The Balaban J connectivity index is 0.000000487. The second-order valence-corrected chi connectivity index (χ2v) is 25.6. The number of hydrogen-bond acceptors (Lipinski definition) is 10. The average Bonchev–Trinajstić information content (AvgIpc) is 3.21.